The van der Waals surface area contributed by atoms with Crippen LogP contribution in [0, 0.1) is 0 Å². The van der Waals surface area contributed by atoms with E-state index in [2.05, 4.69) is 10.4 Å². The number of ether oxygens (including phenoxy) is 1. The number of carbonyl (C=O) groups is 1. The number of halogens is 1. The standard InChI is InChI=1S/C17H20ClN3O2/c1-11(2)21-15(7-8-19-21)17(22)20-14-4-3-9-23-16-10-12(18)5-6-13(14)16/h5-8,10-11,14H,3-4,9H2,1-2H3,(H,20,22). The van der Waals surface area contributed by atoms with Crippen LogP contribution in [0.1, 0.15) is 54.8 Å². The molecule has 0 saturated heterocycles. The molecule has 1 atom stereocenters. The molecular weight excluding hydrogens is 314 g/mol. The second kappa shape index (κ2) is 6.62. The van der Waals surface area contributed by atoms with Gasteiger partial charge in [-0.1, -0.05) is 17.7 Å². The van der Waals surface area contributed by atoms with E-state index in [1.807, 2.05) is 26.0 Å². The molecule has 1 N–H and O–H groups in total. The Morgan fingerprint density at radius 3 is 3.04 bits per heavy atom. The topological polar surface area (TPSA) is 56.2 Å². The number of rotatable bonds is 3. The fourth-order valence-electron chi connectivity index (χ4n) is 2.83. The Morgan fingerprint density at radius 2 is 2.26 bits per heavy atom. The van der Waals surface area contributed by atoms with Gasteiger partial charge in [0.1, 0.15) is 11.4 Å². The van der Waals surface area contributed by atoms with Gasteiger partial charge >= 0.3 is 0 Å². The van der Waals surface area contributed by atoms with Crippen LogP contribution < -0.4 is 10.1 Å². The molecule has 1 aliphatic rings. The van der Waals surface area contributed by atoms with E-state index < -0.39 is 0 Å². The predicted octanol–water partition coefficient (Wildman–Crippen LogP) is 3.76. The summed E-state index contributed by atoms with van der Waals surface area (Å²) >= 11 is 6.04. The molecule has 0 saturated carbocycles. The van der Waals surface area contributed by atoms with Crippen molar-refractivity contribution in [1.82, 2.24) is 15.1 Å². The fourth-order valence-corrected chi connectivity index (χ4v) is 3.00. The average molecular weight is 334 g/mol. The second-order valence-electron chi connectivity index (χ2n) is 5.95. The van der Waals surface area contributed by atoms with Crippen LogP contribution in [-0.2, 0) is 0 Å². The van der Waals surface area contributed by atoms with E-state index in [1.165, 1.54) is 0 Å². The number of benzene rings is 1. The molecule has 0 fully saturated rings. The Balaban J connectivity index is 1.85. The molecule has 2 aromatic rings. The van der Waals surface area contributed by atoms with Crippen LogP contribution in [0.25, 0.3) is 0 Å². The number of nitrogens with one attached hydrogen (secondary N) is 1. The molecule has 1 unspecified atom stereocenters. The lowest BCUT2D eigenvalue weighted by molar-refractivity contribution is 0.0922. The number of hydrogen-bond donors (Lipinski definition) is 1. The van der Waals surface area contributed by atoms with Crippen molar-refractivity contribution < 1.29 is 9.53 Å². The Hall–Kier alpha value is -2.01. The summed E-state index contributed by atoms with van der Waals surface area (Å²) in [7, 11) is 0. The number of fused-ring (bicyclic) bond motifs is 1. The molecule has 6 heteroatoms. The van der Waals surface area contributed by atoms with Crippen molar-refractivity contribution in [3.05, 3.63) is 46.7 Å². The Bertz CT molecular complexity index is 712. The maximum atomic E-state index is 12.6. The maximum Gasteiger partial charge on any atom is 0.270 e. The van der Waals surface area contributed by atoms with Gasteiger partial charge in [-0.15, -0.1) is 0 Å². The summed E-state index contributed by atoms with van der Waals surface area (Å²) in [4.78, 5) is 12.6. The van der Waals surface area contributed by atoms with E-state index in [9.17, 15) is 4.79 Å². The van der Waals surface area contributed by atoms with Crippen molar-refractivity contribution in [2.75, 3.05) is 6.61 Å². The lowest BCUT2D eigenvalue weighted by Gasteiger charge is -2.19. The Labute approximate surface area is 140 Å². The van der Waals surface area contributed by atoms with Crippen LogP contribution in [-0.4, -0.2) is 22.3 Å². The summed E-state index contributed by atoms with van der Waals surface area (Å²) in [6, 6.07) is 7.34. The molecule has 1 aliphatic heterocycles. The highest BCUT2D eigenvalue weighted by molar-refractivity contribution is 6.30. The number of nitrogens with zero attached hydrogens (tertiary/aromatic N) is 2. The average Bonchev–Trinajstić information content (AvgIpc) is 2.93. The van der Waals surface area contributed by atoms with E-state index >= 15 is 0 Å². The van der Waals surface area contributed by atoms with Crippen molar-refractivity contribution in [3.8, 4) is 5.75 Å². The minimum absolute atomic E-state index is 0.0900. The van der Waals surface area contributed by atoms with Crippen LogP contribution in [0.4, 0.5) is 0 Å². The molecule has 0 radical (unpaired) electrons. The summed E-state index contributed by atoms with van der Waals surface area (Å²) in [5.41, 5.74) is 1.54. The number of aromatic nitrogens is 2. The number of hydrogen-bond acceptors (Lipinski definition) is 3. The predicted molar refractivity (Wildman–Crippen MR) is 89.0 cm³/mol. The molecule has 2 heterocycles. The molecule has 5 nitrogen and oxygen atoms in total. The molecule has 122 valence electrons. The first-order valence-electron chi connectivity index (χ1n) is 7.83. The van der Waals surface area contributed by atoms with Gasteiger partial charge in [-0.2, -0.15) is 5.10 Å². The maximum absolute atomic E-state index is 12.6. The van der Waals surface area contributed by atoms with Gasteiger partial charge in [-0.05, 0) is 44.9 Å². The first kappa shape index (κ1) is 15.9. The monoisotopic (exact) mass is 333 g/mol. The first-order valence-corrected chi connectivity index (χ1v) is 8.20. The van der Waals surface area contributed by atoms with E-state index in [0.29, 0.717) is 17.3 Å². The van der Waals surface area contributed by atoms with Crippen molar-refractivity contribution >= 4 is 17.5 Å². The molecule has 0 aliphatic carbocycles. The highest BCUT2D eigenvalue weighted by Crippen LogP contribution is 2.33. The summed E-state index contributed by atoms with van der Waals surface area (Å²) in [6.07, 6.45) is 3.36. The van der Waals surface area contributed by atoms with E-state index in [4.69, 9.17) is 16.3 Å². The lowest BCUT2D eigenvalue weighted by atomic mass is 10.0. The highest BCUT2D eigenvalue weighted by Gasteiger charge is 2.24. The minimum Gasteiger partial charge on any atom is -0.493 e. The third-order valence-electron chi connectivity index (χ3n) is 3.94. The SMILES string of the molecule is CC(C)n1nccc1C(=O)NC1CCCOc2cc(Cl)ccc21. The van der Waals surface area contributed by atoms with Gasteiger partial charge in [-0.3, -0.25) is 9.48 Å². The molecule has 3 rings (SSSR count). The van der Waals surface area contributed by atoms with Gasteiger partial charge in [0, 0.05) is 22.8 Å². The van der Waals surface area contributed by atoms with Crippen LogP contribution >= 0.6 is 11.6 Å². The molecule has 1 aromatic carbocycles. The molecule has 23 heavy (non-hydrogen) atoms. The zero-order valence-corrected chi connectivity index (χ0v) is 14.0. The normalized spacial score (nSPS) is 17.3. The Morgan fingerprint density at radius 1 is 1.43 bits per heavy atom. The van der Waals surface area contributed by atoms with Gasteiger partial charge in [0.2, 0.25) is 0 Å². The van der Waals surface area contributed by atoms with Crippen molar-refractivity contribution in [2.45, 2.75) is 38.8 Å². The zero-order chi connectivity index (χ0) is 16.4. The van der Waals surface area contributed by atoms with Gasteiger partial charge in [0.05, 0.1) is 12.6 Å². The van der Waals surface area contributed by atoms with Gasteiger partial charge in [-0.25, -0.2) is 0 Å². The largest absolute Gasteiger partial charge is 0.493 e. The van der Waals surface area contributed by atoms with Crippen molar-refractivity contribution in [1.29, 1.82) is 0 Å². The van der Waals surface area contributed by atoms with Crippen LogP contribution in [0.3, 0.4) is 0 Å². The third-order valence-corrected chi connectivity index (χ3v) is 4.18. The number of carbonyl (C=O) groups excluding carboxylic acids is 1. The smallest absolute Gasteiger partial charge is 0.270 e. The van der Waals surface area contributed by atoms with Crippen LogP contribution in [0.15, 0.2) is 30.5 Å². The summed E-state index contributed by atoms with van der Waals surface area (Å²) in [5, 5.41) is 7.96. The van der Waals surface area contributed by atoms with Gasteiger partial charge in [0.25, 0.3) is 5.91 Å². The molecule has 0 spiro atoms. The summed E-state index contributed by atoms with van der Waals surface area (Å²) < 4.78 is 7.47. The van der Waals surface area contributed by atoms with E-state index in [-0.39, 0.29) is 18.0 Å². The first-order chi connectivity index (χ1) is 11.1. The Kier molecular flexibility index (Phi) is 4.57. The third kappa shape index (κ3) is 3.34. The molecule has 1 aromatic heterocycles. The van der Waals surface area contributed by atoms with E-state index in [1.54, 1.807) is 23.0 Å². The molecular formula is C17H20ClN3O2. The second-order valence-corrected chi connectivity index (χ2v) is 6.39. The number of amides is 1. The molecule has 0 bridgehead atoms. The van der Waals surface area contributed by atoms with Crippen LogP contribution in [0.2, 0.25) is 5.02 Å². The summed E-state index contributed by atoms with van der Waals surface area (Å²) in [5.74, 6) is 0.627. The van der Waals surface area contributed by atoms with Gasteiger partial charge < -0.3 is 10.1 Å². The molecule has 1 amide bonds. The minimum atomic E-state index is -0.121. The summed E-state index contributed by atoms with van der Waals surface area (Å²) in [6.45, 7) is 4.63. The lowest BCUT2D eigenvalue weighted by Crippen LogP contribution is -2.30. The van der Waals surface area contributed by atoms with Crippen molar-refractivity contribution in [3.63, 3.8) is 0 Å². The fraction of sp³-hybridized carbons (Fsp3) is 0.412. The van der Waals surface area contributed by atoms with E-state index in [0.717, 1.165) is 24.2 Å². The quantitative estimate of drug-likeness (QED) is 0.930. The highest BCUT2D eigenvalue weighted by atomic mass is 35.5. The zero-order valence-electron chi connectivity index (χ0n) is 13.3. The van der Waals surface area contributed by atoms with Gasteiger partial charge in [0.15, 0.2) is 0 Å². The van der Waals surface area contributed by atoms with Crippen molar-refractivity contribution in [2.24, 2.45) is 0 Å². The van der Waals surface area contributed by atoms with Crippen LogP contribution in [0.5, 0.6) is 5.75 Å².